The number of imidazole rings is 1. The van der Waals surface area contributed by atoms with E-state index in [2.05, 4.69) is 34.7 Å². The Morgan fingerprint density at radius 2 is 2.19 bits per heavy atom. The van der Waals surface area contributed by atoms with E-state index in [9.17, 15) is 4.79 Å². The van der Waals surface area contributed by atoms with Gasteiger partial charge < -0.3 is 15.2 Å². The average molecular weight is 352 g/mol. The second-order valence-corrected chi connectivity index (χ2v) is 6.78. The number of piperidine rings is 1. The first-order valence-corrected chi connectivity index (χ1v) is 9.10. The number of nitrogens with one attached hydrogen (secondary N) is 2. The first kappa shape index (κ1) is 16.8. The van der Waals surface area contributed by atoms with Crippen molar-refractivity contribution in [2.45, 2.75) is 44.9 Å². The van der Waals surface area contributed by atoms with Crippen molar-refractivity contribution in [1.29, 1.82) is 0 Å². The lowest BCUT2D eigenvalue weighted by molar-refractivity contribution is -0.124. The summed E-state index contributed by atoms with van der Waals surface area (Å²) in [5, 5.41) is 12.7. The molecule has 1 fully saturated rings. The third-order valence-corrected chi connectivity index (χ3v) is 5.14. The van der Waals surface area contributed by atoms with Crippen LogP contribution in [0.1, 0.15) is 37.2 Å². The summed E-state index contributed by atoms with van der Waals surface area (Å²) < 4.78 is 4.00. The fourth-order valence-corrected chi connectivity index (χ4v) is 3.76. The maximum absolute atomic E-state index is 11.9. The summed E-state index contributed by atoms with van der Waals surface area (Å²) >= 11 is 0. The summed E-state index contributed by atoms with van der Waals surface area (Å²) in [6, 6.07) is 8.38. The molecule has 2 atom stereocenters. The van der Waals surface area contributed by atoms with E-state index in [-0.39, 0.29) is 18.0 Å². The minimum absolute atomic E-state index is 0.0803. The van der Waals surface area contributed by atoms with Crippen molar-refractivity contribution in [3.05, 3.63) is 48.2 Å². The highest BCUT2D eigenvalue weighted by Gasteiger charge is 2.31. The van der Waals surface area contributed by atoms with Gasteiger partial charge in [0.2, 0.25) is 5.91 Å². The highest BCUT2D eigenvalue weighted by molar-refractivity contribution is 5.82. The summed E-state index contributed by atoms with van der Waals surface area (Å²) in [6.07, 6.45) is 4.93. The standard InChI is InChI=1S/C19H24N6O/c1-3-25-16-7-5-4-6-13(16)15(23-25)10-21-14-8-9-18(26)22-19(14)17-11-20-12-24(17)2/h4-7,11-12,14,19,21H,3,8-10H2,1-2H3,(H,22,26)/t14-,19-/m1/s1. The van der Waals surface area contributed by atoms with Gasteiger partial charge in [0.25, 0.3) is 0 Å². The van der Waals surface area contributed by atoms with Gasteiger partial charge in [-0.2, -0.15) is 5.10 Å². The van der Waals surface area contributed by atoms with E-state index < -0.39 is 0 Å². The van der Waals surface area contributed by atoms with Crippen LogP contribution in [0.25, 0.3) is 10.9 Å². The van der Waals surface area contributed by atoms with Crippen molar-refractivity contribution in [3.8, 4) is 0 Å². The number of nitrogens with zero attached hydrogens (tertiary/aromatic N) is 4. The molecule has 1 aliphatic rings. The molecule has 0 saturated carbocycles. The molecule has 0 spiro atoms. The molecule has 2 N–H and O–H groups in total. The Labute approximate surface area is 152 Å². The zero-order valence-electron chi connectivity index (χ0n) is 15.1. The molecule has 7 heteroatoms. The van der Waals surface area contributed by atoms with Crippen LogP contribution in [0.3, 0.4) is 0 Å². The monoisotopic (exact) mass is 352 g/mol. The quantitative estimate of drug-likeness (QED) is 0.735. The number of carbonyl (C=O) groups excluding carboxylic acids is 1. The first-order chi connectivity index (χ1) is 12.7. The molecular weight excluding hydrogens is 328 g/mol. The number of carbonyl (C=O) groups is 1. The second-order valence-electron chi connectivity index (χ2n) is 6.78. The first-order valence-electron chi connectivity index (χ1n) is 9.10. The van der Waals surface area contributed by atoms with E-state index in [1.807, 2.05) is 34.6 Å². The van der Waals surface area contributed by atoms with Crippen LogP contribution >= 0.6 is 0 Å². The lowest BCUT2D eigenvalue weighted by Crippen LogP contribution is -2.48. The molecule has 26 heavy (non-hydrogen) atoms. The Hall–Kier alpha value is -2.67. The van der Waals surface area contributed by atoms with Crippen LogP contribution in [-0.2, 0) is 24.9 Å². The minimum Gasteiger partial charge on any atom is -0.346 e. The van der Waals surface area contributed by atoms with Gasteiger partial charge in [0.05, 0.1) is 35.5 Å². The fourth-order valence-electron chi connectivity index (χ4n) is 3.76. The molecule has 0 unspecified atom stereocenters. The molecule has 136 valence electrons. The number of para-hydroxylation sites is 1. The molecule has 3 heterocycles. The largest absolute Gasteiger partial charge is 0.346 e. The van der Waals surface area contributed by atoms with Crippen molar-refractivity contribution >= 4 is 16.8 Å². The molecule has 1 saturated heterocycles. The topological polar surface area (TPSA) is 76.8 Å². The van der Waals surface area contributed by atoms with Crippen molar-refractivity contribution in [3.63, 3.8) is 0 Å². The summed E-state index contributed by atoms with van der Waals surface area (Å²) in [4.78, 5) is 16.1. The molecule has 1 aromatic carbocycles. The Morgan fingerprint density at radius 1 is 1.35 bits per heavy atom. The SMILES string of the molecule is CCn1nc(CN[C@@H]2CCC(=O)N[C@H]2c2cncn2C)c2ccccc21. The van der Waals surface area contributed by atoms with Gasteiger partial charge in [0.15, 0.2) is 0 Å². The Morgan fingerprint density at radius 3 is 2.96 bits per heavy atom. The number of hydrogen-bond donors (Lipinski definition) is 2. The maximum Gasteiger partial charge on any atom is 0.220 e. The van der Waals surface area contributed by atoms with Crippen LogP contribution in [0.5, 0.6) is 0 Å². The van der Waals surface area contributed by atoms with E-state index >= 15 is 0 Å². The van der Waals surface area contributed by atoms with E-state index in [0.29, 0.717) is 13.0 Å². The van der Waals surface area contributed by atoms with Crippen LogP contribution in [0.15, 0.2) is 36.8 Å². The average Bonchev–Trinajstić information content (AvgIpc) is 3.24. The van der Waals surface area contributed by atoms with Gasteiger partial charge in [0, 0.05) is 38.0 Å². The number of hydrogen-bond acceptors (Lipinski definition) is 4. The van der Waals surface area contributed by atoms with Gasteiger partial charge in [0.1, 0.15) is 0 Å². The van der Waals surface area contributed by atoms with E-state index in [0.717, 1.165) is 29.9 Å². The van der Waals surface area contributed by atoms with Crippen molar-refractivity contribution < 1.29 is 4.79 Å². The highest BCUT2D eigenvalue weighted by atomic mass is 16.1. The third kappa shape index (κ3) is 2.99. The van der Waals surface area contributed by atoms with Gasteiger partial charge in [-0.3, -0.25) is 9.48 Å². The molecule has 1 aliphatic heterocycles. The van der Waals surface area contributed by atoms with Crippen LogP contribution < -0.4 is 10.6 Å². The number of aromatic nitrogens is 4. The number of benzene rings is 1. The lowest BCUT2D eigenvalue weighted by atomic mass is 9.95. The Bertz CT molecular complexity index is 927. The fraction of sp³-hybridized carbons (Fsp3) is 0.421. The maximum atomic E-state index is 11.9. The molecule has 7 nitrogen and oxygen atoms in total. The van der Waals surface area contributed by atoms with Gasteiger partial charge >= 0.3 is 0 Å². The number of rotatable bonds is 5. The van der Waals surface area contributed by atoms with Gasteiger partial charge in [-0.1, -0.05) is 18.2 Å². The van der Waals surface area contributed by atoms with E-state index in [1.165, 1.54) is 5.39 Å². The zero-order chi connectivity index (χ0) is 18.1. The van der Waals surface area contributed by atoms with Crippen LogP contribution in [0.4, 0.5) is 0 Å². The van der Waals surface area contributed by atoms with Gasteiger partial charge in [-0.25, -0.2) is 4.98 Å². The lowest BCUT2D eigenvalue weighted by Gasteiger charge is -2.33. The summed E-state index contributed by atoms with van der Waals surface area (Å²) in [5.74, 6) is 0.0926. The highest BCUT2D eigenvalue weighted by Crippen LogP contribution is 2.25. The summed E-state index contributed by atoms with van der Waals surface area (Å²) in [6.45, 7) is 3.62. The minimum atomic E-state index is -0.0803. The predicted molar refractivity (Wildman–Crippen MR) is 99.4 cm³/mol. The molecule has 2 aromatic heterocycles. The number of fused-ring (bicyclic) bond motifs is 1. The molecule has 4 rings (SSSR count). The molecule has 1 amide bonds. The smallest absolute Gasteiger partial charge is 0.220 e. The summed E-state index contributed by atoms with van der Waals surface area (Å²) in [7, 11) is 1.95. The normalized spacial score (nSPS) is 20.5. The molecule has 0 radical (unpaired) electrons. The molecule has 0 aliphatic carbocycles. The number of amides is 1. The van der Waals surface area contributed by atoms with Crippen molar-refractivity contribution in [1.82, 2.24) is 30.0 Å². The van der Waals surface area contributed by atoms with Crippen LogP contribution in [-0.4, -0.2) is 31.3 Å². The Balaban J connectivity index is 1.56. The third-order valence-electron chi connectivity index (χ3n) is 5.14. The molecular formula is C19H24N6O. The predicted octanol–water partition coefficient (Wildman–Crippen LogP) is 1.90. The summed E-state index contributed by atoms with van der Waals surface area (Å²) in [5.41, 5.74) is 3.22. The van der Waals surface area contributed by atoms with E-state index in [4.69, 9.17) is 5.10 Å². The van der Waals surface area contributed by atoms with Crippen molar-refractivity contribution in [2.75, 3.05) is 0 Å². The van der Waals surface area contributed by atoms with Gasteiger partial charge in [-0.05, 0) is 19.4 Å². The molecule has 3 aromatic rings. The Kier molecular flexibility index (Phi) is 4.46. The zero-order valence-corrected chi connectivity index (χ0v) is 15.1. The van der Waals surface area contributed by atoms with Gasteiger partial charge in [-0.15, -0.1) is 0 Å². The number of aryl methyl sites for hydroxylation is 2. The van der Waals surface area contributed by atoms with Crippen LogP contribution in [0, 0.1) is 0 Å². The van der Waals surface area contributed by atoms with Crippen LogP contribution in [0.2, 0.25) is 0 Å². The second kappa shape index (κ2) is 6.92. The van der Waals surface area contributed by atoms with E-state index in [1.54, 1.807) is 6.33 Å². The van der Waals surface area contributed by atoms with Crippen molar-refractivity contribution in [2.24, 2.45) is 7.05 Å². The molecule has 0 bridgehead atoms.